The summed E-state index contributed by atoms with van der Waals surface area (Å²) in [4.78, 5) is 19.4. The molecule has 1 amide bonds. The van der Waals surface area contributed by atoms with Crippen LogP contribution in [0.1, 0.15) is 45.8 Å². The molecule has 3 heterocycles. The SMILES string of the molecule is COc1c(C)cnc(CN2CCCC(NC(=O)c3cc(C)n(C)n3)C2)c1C. The van der Waals surface area contributed by atoms with Gasteiger partial charge >= 0.3 is 0 Å². The first-order valence-corrected chi connectivity index (χ1v) is 9.42. The highest BCUT2D eigenvalue weighted by atomic mass is 16.5. The van der Waals surface area contributed by atoms with Crippen LogP contribution in [0.4, 0.5) is 0 Å². The van der Waals surface area contributed by atoms with E-state index in [-0.39, 0.29) is 11.9 Å². The third kappa shape index (κ3) is 4.30. The lowest BCUT2D eigenvalue weighted by Crippen LogP contribution is -2.47. The molecule has 0 radical (unpaired) electrons. The number of amides is 1. The van der Waals surface area contributed by atoms with Gasteiger partial charge in [-0.05, 0) is 46.2 Å². The number of nitrogens with zero attached hydrogens (tertiary/aromatic N) is 4. The molecule has 1 unspecified atom stereocenters. The Hall–Kier alpha value is -2.41. The van der Waals surface area contributed by atoms with E-state index in [1.54, 1.807) is 11.8 Å². The van der Waals surface area contributed by atoms with Crippen molar-refractivity contribution in [2.45, 2.75) is 46.2 Å². The fourth-order valence-electron chi connectivity index (χ4n) is 3.69. The van der Waals surface area contributed by atoms with Gasteiger partial charge in [0, 0.05) is 49.2 Å². The van der Waals surface area contributed by atoms with E-state index in [9.17, 15) is 4.79 Å². The van der Waals surface area contributed by atoms with Crippen molar-refractivity contribution in [2.75, 3.05) is 20.2 Å². The van der Waals surface area contributed by atoms with Crippen molar-refractivity contribution >= 4 is 5.91 Å². The molecular weight excluding hydrogens is 342 g/mol. The Kier molecular flexibility index (Phi) is 5.79. The molecule has 1 saturated heterocycles. The Morgan fingerprint density at radius 1 is 1.37 bits per heavy atom. The molecule has 0 saturated carbocycles. The van der Waals surface area contributed by atoms with E-state index >= 15 is 0 Å². The van der Waals surface area contributed by atoms with Gasteiger partial charge in [0.25, 0.3) is 5.91 Å². The summed E-state index contributed by atoms with van der Waals surface area (Å²) in [5.74, 6) is 0.809. The van der Waals surface area contributed by atoms with Crippen molar-refractivity contribution in [1.29, 1.82) is 0 Å². The number of ether oxygens (including phenoxy) is 1. The van der Waals surface area contributed by atoms with Gasteiger partial charge < -0.3 is 10.1 Å². The van der Waals surface area contributed by atoms with Crippen molar-refractivity contribution in [1.82, 2.24) is 25.0 Å². The second-order valence-electron chi connectivity index (χ2n) is 7.39. The first-order chi connectivity index (χ1) is 12.9. The number of pyridine rings is 1. The number of hydrogen-bond donors (Lipinski definition) is 1. The first-order valence-electron chi connectivity index (χ1n) is 9.42. The van der Waals surface area contributed by atoms with Crippen molar-refractivity contribution in [3.8, 4) is 5.75 Å². The molecule has 2 aromatic rings. The predicted molar refractivity (Wildman–Crippen MR) is 104 cm³/mol. The summed E-state index contributed by atoms with van der Waals surface area (Å²) in [5.41, 5.74) is 4.62. The molecule has 0 bridgehead atoms. The smallest absolute Gasteiger partial charge is 0.272 e. The van der Waals surface area contributed by atoms with Crippen LogP contribution in [0.5, 0.6) is 5.75 Å². The van der Waals surface area contributed by atoms with Gasteiger partial charge in [-0.15, -0.1) is 0 Å². The van der Waals surface area contributed by atoms with Gasteiger partial charge in [-0.2, -0.15) is 5.10 Å². The first kappa shape index (κ1) is 19.4. The van der Waals surface area contributed by atoms with Crippen LogP contribution in [0.25, 0.3) is 0 Å². The van der Waals surface area contributed by atoms with Crippen LogP contribution < -0.4 is 10.1 Å². The van der Waals surface area contributed by atoms with Crippen LogP contribution >= 0.6 is 0 Å². The van der Waals surface area contributed by atoms with Crippen LogP contribution in [0.15, 0.2) is 12.3 Å². The second kappa shape index (κ2) is 8.08. The van der Waals surface area contributed by atoms with Gasteiger partial charge in [0.05, 0.1) is 12.8 Å². The number of carbonyl (C=O) groups is 1. The maximum atomic E-state index is 12.5. The minimum atomic E-state index is -0.100. The summed E-state index contributed by atoms with van der Waals surface area (Å²) in [7, 11) is 3.55. The number of methoxy groups -OCH3 is 1. The van der Waals surface area contributed by atoms with Crippen LogP contribution in [0, 0.1) is 20.8 Å². The number of carbonyl (C=O) groups excluding carboxylic acids is 1. The standard InChI is InChI=1S/C20H29N5O2/c1-13-10-21-18(15(3)19(13)27-5)12-25-8-6-7-16(11-25)22-20(26)17-9-14(2)24(4)23-17/h9-10,16H,6-8,11-12H2,1-5H3,(H,22,26). The van der Waals surface area contributed by atoms with E-state index in [1.165, 1.54) is 0 Å². The molecular formula is C20H29N5O2. The number of aryl methyl sites for hydroxylation is 3. The summed E-state index contributed by atoms with van der Waals surface area (Å²) < 4.78 is 7.24. The number of piperidine rings is 1. The molecule has 1 atom stereocenters. The van der Waals surface area contributed by atoms with Gasteiger partial charge in [0.2, 0.25) is 0 Å². The molecule has 1 aliphatic heterocycles. The largest absolute Gasteiger partial charge is 0.496 e. The van der Waals surface area contributed by atoms with E-state index in [0.29, 0.717) is 5.69 Å². The fourth-order valence-corrected chi connectivity index (χ4v) is 3.69. The van der Waals surface area contributed by atoms with Crippen LogP contribution in [-0.4, -0.2) is 51.8 Å². The lowest BCUT2D eigenvalue weighted by atomic mass is 10.0. The normalized spacial score (nSPS) is 17.7. The minimum absolute atomic E-state index is 0.100. The highest BCUT2D eigenvalue weighted by molar-refractivity contribution is 5.92. The van der Waals surface area contributed by atoms with E-state index in [2.05, 4.69) is 27.2 Å². The molecule has 2 aromatic heterocycles. The highest BCUT2D eigenvalue weighted by Gasteiger charge is 2.24. The lowest BCUT2D eigenvalue weighted by Gasteiger charge is -2.33. The quantitative estimate of drug-likeness (QED) is 0.872. The van der Waals surface area contributed by atoms with Gasteiger partial charge in [0.15, 0.2) is 0 Å². The zero-order valence-corrected chi connectivity index (χ0v) is 16.9. The molecule has 3 rings (SSSR count). The summed E-state index contributed by atoms with van der Waals surface area (Å²) in [6, 6.07) is 1.95. The topological polar surface area (TPSA) is 72.3 Å². The monoisotopic (exact) mass is 371 g/mol. The van der Waals surface area contributed by atoms with E-state index in [1.807, 2.05) is 33.2 Å². The van der Waals surface area contributed by atoms with Gasteiger partial charge in [-0.25, -0.2) is 0 Å². The van der Waals surface area contributed by atoms with Crippen molar-refractivity contribution < 1.29 is 9.53 Å². The summed E-state index contributed by atoms with van der Waals surface area (Å²) in [5, 5.41) is 7.40. The lowest BCUT2D eigenvalue weighted by molar-refractivity contribution is 0.0894. The Bertz CT molecular complexity index is 811. The minimum Gasteiger partial charge on any atom is -0.496 e. The molecule has 146 valence electrons. The van der Waals surface area contributed by atoms with Crippen LogP contribution in [0.3, 0.4) is 0 Å². The van der Waals surface area contributed by atoms with Gasteiger partial charge in [-0.1, -0.05) is 0 Å². The average Bonchev–Trinajstić information content (AvgIpc) is 2.97. The molecule has 1 N–H and O–H groups in total. The summed E-state index contributed by atoms with van der Waals surface area (Å²) in [6.45, 7) is 8.59. The van der Waals surface area contributed by atoms with E-state index in [0.717, 1.165) is 60.7 Å². The zero-order chi connectivity index (χ0) is 19.6. The fraction of sp³-hybridized carbons (Fsp3) is 0.550. The summed E-state index contributed by atoms with van der Waals surface area (Å²) in [6.07, 6.45) is 3.90. The molecule has 0 spiro atoms. The van der Waals surface area contributed by atoms with Crippen molar-refractivity contribution in [3.63, 3.8) is 0 Å². The van der Waals surface area contributed by atoms with Crippen molar-refractivity contribution in [3.05, 3.63) is 40.5 Å². The zero-order valence-electron chi connectivity index (χ0n) is 16.9. The van der Waals surface area contributed by atoms with Gasteiger partial charge in [-0.3, -0.25) is 19.4 Å². The van der Waals surface area contributed by atoms with E-state index < -0.39 is 0 Å². The molecule has 0 aliphatic carbocycles. The Morgan fingerprint density at radius 3 is 2.81 bits per heavy atom. The van der Waals surface area contributed by atoms with E-state index in [4.69, 9.17) is 4.74 Å². The molecule has 7 nitrogen and oxygen atoms in total. The van der Waals surface area contributed by atoms with Crippen LogP contribution in [0.2, 0.25) is 0 Å². The maximum absolute atomic E-state index is 12.5. The number of aromatic nitrogens is 3. The predicted octanol–water partition coefficient (Wildman–Crippen LogP) is 2.14. The van der Waals surface area contributed by atoms with Crippen molar-refractivity contribution in [2.24, 2.45) is 7.05 Å². The number of rotatable bonds is 5. The summed E-state index contributed by atoms with van der Waals surface area (Å²) >= 11 is 0. The third-order valence-corrected chi connectivity index (χ3v) is 5.31. The molecule has 0 aromatic carbocycles. The van der Waals surface area contributed by atoms with Gasteiger partial charge in [0.1, 0.15) is 11.4 Å². The average molecular weight is 371 g/mol. The number of likely N-dealkylation sites (tertiary alicyclic amines) is 1. The molecule has 1 aliphatic rings. The Morgan fingerprint density at radius 2 is 2.15 bits per heavy atom. The number of hydrogen-bond acceptors (Lipinski definition) is 5. The maximum Gasteiger partial charge on any atom is 0.272 e. The molecule has 7 heteroatoms. The Labute approximate surface area is 160 Å². The van der Waals surface area contributed by atoms with Crippen LogP contribution in [-0.2, 0) is 13.6 Å². The Balaban J connectivity index is 1.63. The molecule has 1 fully saturated rings. The highest BCUT2D eigenvalue weighted by Crippen LogP contribution is 2.25. The number of nitrogens with one attached hydrogen (secondary N) is 1. The second-order valence-corrected chi connectivity index (χ2v) is 7.39. The third-order valence-electron chi connectivity index (χ3n) is 5.31. The molecule has 27 heavy (non-hydrogen) atoms.